The number of alkyl halides is 1. The van der Waals surface area contributed by atoms with Gasteiger partial charge in [0.2, 0.25) is 0 Å². The zero-order valence-corrected chi connectivity index (χ0v) is 7.74. The molecular weight excluding hydrogens is 173 g/mol. The van der Waals surface area contributed by atoms with Gasteiger partial charge in [0.1, 0.15) is 5.69 Å². The monoisotopic (exact) mass is 187 g/mol. The van der Waals surface area contributed by atoms with E-state index in [2.05, 4.69) is 10.3 Å². The lowest BCUT2D eigenvalue weighted by atomic mass is 10.5. The summed E-state index contributed by atoms with van der Waals surface area (Å²) in [6.07, 6.45) is 2.28. The number of ether oxygens (including phenoxy) is 1. The fourth-order valence-corrected chi connectivity index (χ4v) is 0.893. The van der Waals surface area contributed by atoms with Crippen molar-refractivity contribution in [2.24, 2.45) is 0 Å². The second-order valence-corrected chi connectivity index (χ2v) is 2.66. The molecule has 13 heavy (non-hydrogen) atoms. The minimum atomic E-state index is -0.332. The molecule has 0 aliphatic carbocycles. The third-order valence-corrected chi connectivity index (χ3v) is 1.58. The number of aromatic nitrogens is 3. The van der Waals surface area contributed by atoms with E-state index in [1.54, 1.807) is 4.68 Å². The smallest absolute Gasteiger partial charge is 0.108 e. The van der Waals surface area contributed by atoms with Gasteiger partial charge in [0.05, 0.1) is 19.5 Å². The van der Waals surface area contributed by atoms with Crippen LogP contribution < -0.4 is 0 Å². The lowest BCUT2D eigenvalue weighted by Gasteiger charge is -1.97. The Labute approximate surface area is 76.7 Å². The molecule has 1 heterocycles. The van der Waals surface area contributed by atoms with Crippen LogP contribution in [-0.4, -0.2) is 28.3 Å². The largest absolute Gasteiger partial charge is 0.375 e. The molecular formula is C8H14FN3O. The Morgan fingerprint density at radius 2 is 2.46 bits per heavy atom. The highest BCUT2D eigenvalue weighted by atomic mass is 19.1. The van der Waals surface area contributed by atoms with Gasteiger partial charge in [0, 0.05) is 13.2 Å². The van der Waals surface area contributed by atoms with Crippen molar-refractivity contribution < 1.29 is 9.13 Å². The summed E-state index contributed by atoms with van der Waals surface area (Å²) in [4.78, 5) is 0. The first-order valence-corrected chi connectivity index (χ1v) is 4.39. The zero-order valence-electron chi connectivity index (χ0n) is 7.74. The van der Waals surface area contributed by atoms with Gasteiger partial charge >= 0.3 is 0 Å². The summed E-state index contributed by atoms with van der Waals surface area (Å²) in [6, 6.07) is 0. The normalized spacial score (nSPS) is 10.6. The maximum Gasteiger partial charge on any atom is 0.108 e. The van der Waals surface area contributed by atoms with Crippen molar-refractivity contribution in [3.05, 3.63) is 11.9 Å². The lowest BCUT2D eigenvalue weighted by molar-refractivity contribution is 0.111. The van der Waals surface area contributed by atoms with Crippen molar-refractivity contribution in [3.63, 3.8) is 0 Å². The fourth-order valence-electron chi connectivity index (χ4n) is 0.893. The molecule has 0 aliphatic heterocycles. The van der Waals surface area contributed by atoms with E-state index in [1.165, 1.54) is 0 Å². The minimum Gasteiger partial charge on any atom is -0.375 e. The van der Waals surface area contributed by atoms with E-state index in [4.69, 9.17) is 4.74 Å². The van der Waals surface area contributed by atoms with Gasteiger partial charge in [-0.2, -0.15) is 0 Å². The van der Waals surface area contributed by atoms with Gasteiger partial charge < -0.3 is 4.74 Å². The quantitative estimate of drug-likeness (QED) is 0.628. The van der Waals surface area contributed by atoms with Crippen LogP contribution in [0, 0.1) is 0 Å². The summed E-state index contributed by atoms with van der Waals surface area (Å²) in [5.74, 6) is 0. The second-order valence-electron chi connectivity index (χ2n) is 2.66. The number of hydrogen-bond acceptors (Lipinski definition) is 3. The summed E-state index contributed by atoms with van der Waals surface area (Å²) >= 11 is 0. The lowest BCUT2D eigenvalue weighted by Crippen LogP contribution is -1.96. The molecule has 0 fully saturated rings. The fraction of sp³-hybridized carbons (Fsp3) is 0.750. The average Bonchev–Trinajstić information content (AvgIpc) is 2.60. The van der Waals surface area contributed by atoms with Gasteiger partial charge in [-0.15, -0.1) is 5.10 Å². The van der Waals surface area contributed by atoms with Crippen LogP contribution in [0.4, 0.5) is 4.39 Å². The molecule has 0 saturated heterocycles. The maximum absolute atomic E-state index is 11.7. The molecule has 74 valence electrons. The Kier molecular flexibility index (Phi) is 4.39. The molecule has 0 radical (unpaired) electrons. The van der Waals surface area contributed by atoms with E-state index in [9.17, 15) is 4.39 Å². The molecule has 0 aromatic carbocycles. The van der Waals surface area contributed by atoms with Crippen LogP contribution in [0.15, 0.2) is 6.20 Å². The van der Waals surface area contributed by atoms with E-state index >= 15 is 0 Å². The van der Waals surface area contributed by atoms with Crippen molar-refractivity contribution >= 4 is 0 Å². The molecule has 1 aromatic rings. The molecule has 5 heteroatoms. The van der Waals surface area contributed by atoms with Crippen LogP contribution >= 0.6 is 0 Å². The average molecular weight is 187 g/mol. The Morgan fingerprint density at radius 1 is 1.62 bits per heavy atom. The van der Waals surface area contributed by atoms with E-state index in [0.29, 0.717) is 19.6 Å². The van der Waals surface area contributed by atoms with Crippen LogP contribution in [0.25, 0.3) is 0 Å². The molecule has 0 atom stereocenters. The first-order chi connectivity index (χ1) is 6.36. The predicted molar refractivity (Wildman–Crippen MR) is 45.9 cm³/mol. The number of halogens is 1. The molecule has 0 spiro atoms. The summed E-state index contributed by atoms with van der Waals surface area (Å²) in [6.45, 7) is 3.32. The first-order valence-electron chi connectivity index (χ1n) is 4.39. The van der Waals surface area contributed by atoms with Crippen molar-refractivity contribution in [1.29, 1.82) is 0 Å². The molecule has 0 N–H and O–H groups in total. The Balaban J connectivity index is 2.20. The predicted octanol–water partition coefficient (Wildman–Crippen LogP) is 1.17. The second kappa shape index (κ2) is 5.64. The van der Waals surface area contributed by atoms with Crippen molar-refractivity contribution in [2.45, 2.75) is 26.5 Å². The Morgan fingerprint density at radius 3 is 3.08 bits per heavy atom. The standard InChI is InChI=1S/C8H14FN3O/c1-2-12-6-8(10-11-12)7-13-5-3-4-9/h6H,2-5,7H2,1H3. The van der Waals surface area contributed by atoms with E-state index in [0.717, 1.165) is 12.2 Å². The van der Waals surface area contributed by atoms with Crippen LogP contribution in [0.2, 0.25) is 0 Å². The highest BCUT2D eigenvalue weighted by Crippen LogP contribution is 1.96. The van der Waals surface area contributed by atoms with Crippen LogP contribution in [0.5, 0.6) is 0 Å². The SMILES string of the molecule is CCn1cc(COCCCF)nn1. The van der Waals surface area contributed by atoms with Crippen molar-refractivity contribution in [1.82, 2.24) is 15.0 Å². The summed E-state index contributed by atoms with van der Waals surface area (Å²) in [7, 11) is 0. The van der Waals surface area contributed by atoms with Gasteiger partial charge in [0.25, 0.3) is 0 Å². The molecule has 0 saturated carbocycles. The third-order valence-electron chi connectivity index (χ3n) is 1.58. The first kappa shape index (κ1) is 10.1. The van der Waals surface area contributed by atoms with Gasteiger partial charge in [-0.1, -0.05) is 5.21 Å². The molecule has 0 amide bonds. The van der Waals surface area contributed by atoms with Gasteiger partial charge in [0.15, 0.2) is 0 Å². The third kappa shape index (κ3) is 3.50. The molecule has 1 aromatic heterocycles. The van der Waals surface area contributed by atoms with Crippen LogP contribution in [0.3, 0.4) is 0 Å². The Hall–Kier alpha value is -0.970. The molecule has 4 nitrogen and oxygen atoms in total. The number of rotatable bonds is 6. The highest BCUT2D eigenvalue weighted by molar-refractivity contribution is 4.89. The Bertz CT molecular complexity index is 239. The van der Waals surface area contributed by atoms with Gasteiger partial charge in [-0.3, -0.25) is 9.07 Å². The highest BCUT2D eigenvalue weighted by Gasteiger charge is 1.98. The van der Waals surface area contributed by atoms with Gasteiger partial charge in [-0.05, 0) is 13.3 Å². The summed E-state index contributed by atoms with van der Waals surface area (Å²) < 4.78 is 18.6. The topological polar surface area (TPSA) is 39.9 Å². The zero-order chi connectivity index (χ0) is 9.52. The van der Waals surface area contributed by atoms with E-state index in [1.807, 2.05) is 13.1 Å². The van der Waals surface area contributed by atoms with Crippen molar-refractivity contribution in [2.75, 3.05) is 13.3 Å². The van der Waals surface area contributed by atoms with E-state index < -0.39 is 0 Å². The number of nitrogens with zero attached hydrogens (tertiary/aromatic N) is 3. The number of aryl methyl sites for hydroxylation is 1. The molecule has 0 aliphatic rings. The van der Waals surface area contributed by atoms with Crippen molar-refractivity contribution in [3.8, 4) is 0 Å². The maximum atomic E-state index is 11.7. The van der Waals surface area contributed by atoms with Crippen LogP contribution in [-0.2, 0) is 17.9 Å². The van der Waals surface area contributed by atoms with E-state index in [-0.39, 0.29) is 6.67 Å². The molecule has 0 unspecified atom stereocenters. The van der Waals surface area contributed by atoms with Gasteiger partial charge in [-0.25, -0.2) is 0 Å². The number of hydrogen-bond donors (Lipinski definition) is 0. The van der Waals surface area contributed by atoms with Crippen LogP contribution in [0.1, 0.15) is 19.0 Å². The molecule has 0 bridgehead atoms. The minimum absolute atomic E-state index is 0.332. The molecule has 1 rings (SSSR count). The summed E-state index contributed by atoms with van der Waals surface area (Å²) in [5.41, 5.74) is 0.792. The summed E-state index contributed by atoms with van der Waals surface area (Å²) in [5, 5.41) is 7.73.